The van der Waals surface area contributed by atoms with Gasteiger partial charge >= 0.3 is 0 Å². The van der Waals surface area contributed by atoms with Crippen LogP contribution in [0.15, 0.2) is 73.0 Å². The van der Waals surface area contributed by atoms with E-state index in [1.807, 2.05) is 49.4 Å². The summed E-state index contributed by atoms with van der Waals surface area (Å²) in [7, 11) is 3.08. The first-order chi connectivity index (χ1) is 15.0. The summed E-state index contributed by atoms with van der Waals surface area (Å²) in [6, 6.07) is 14.3. The molecule has 6 nitrogen and oxygen atoms in total. The maximum absolute atomic E-state index is 11.1. The Hall–Kier alpha value is -3.93. The third kappa shape index (κ3) is 3.57. The summed E-state index contributed by atoms with van der Waals surface area (Å²) in [5.41, 5.74) is 2.32. The molecule has 0 aliphatic carbocycles. The zero-order chi connectivity index (χ0) is 22.0. The molecule has 3 aromatic rings. The highest BCUT2D eigenvalue weighted by atomic mass is 16.5. The molecule has 1 aromatic heterocycles. The molecule has 0 bridgehead atoms. The molecule has 1 aliphatic rings. The van der Waals surface area contributed by atoms with Gasteiger partial charge < -0.3 is 25.0 Å². The van der Waals surface area contributed by atoms with Gasteiger partial charge in [0.05, 0.1) is 25.6 Å². The third-order valence-electron chi connectivity index (χ3n) is 5.37. The monoisotopic (exact) mass is 416 g/mol. The molecule has 0 radical (unpaired) electrons. The maximum atomic E-state index is 11.1. The number of nitrogens with one attached hydrogen (secondary N) is 1. The van der Waals surface area contributed by atoms with Crippen molar-refractivity contribution in [3.63, 3.8) is 0 Å². The van der Waals surface area contributed by atoms with Gasteiger partial charge in [0.1, 0.15) is 17.0 Å². The number of aromatic hydroxyl groups is 2. The predicted octanol–water partition coefficient (Wildman–Crippen LogP) is 4.26. The van der Waals surface area contributed by atoms with E-state index in [1.54, 1.807) is 37.6 Å². The van der Waals surface area contributed by atoms with E-state index < -0.39 is 5.54 Å². The van der Waals surface area contributed by atoms with E-state index in [-0.39, 0.29) is 11.5 Å². The van der Waals surface area contributed by atoms with Crippen LogP contribution in [0.25, 0.3) is 5.70 Å². The number of hydrogen-bond donors (Lipinski definition) is 3. The van der Waals surface area contributed by atoms with Crippen LogP contribution in [-0.2, 0) is 5.54 Å². The number of aromatic nitrogens is 1. The lowest BCUT2D eigenvalue weighted by atomic mass is 9.78. The van der Waals surface area contributed by atoms with Gasteiger partial charge in [-0.3, -0.25) is 4.98 Å². The second kappa shape index (κ2) is 8.07. The van der Waals surface area contributed by atoms with E-state index in [9.17, 15) is 10.2 Å². The summed E-state index contributed by atoms with van der Waals surface area (Å²) in [5, 5.41) is 25.5. The minimum absolute atomic E-state index is 0.0188. The highest BCUT2D eigenvalue weighted by molar-refractivity contribution is 5.71. The lowest BCUT2D eigenvalue weighted by Crippen LogP contribution is -2.42. The van der Waals surface area contributed by atoms with Crippen LogP contribution in [0, 0.1) is 6.92 Å². The zero-order valence-corrected chi connectivity index (χ0v) is 17.6. The molecule has 158 valence electrons. The predicted molar refractivity (Wildman–Crippen MR) is 119 cm³/mol. The maximum Gasteiger partial charge on any atom is 0.164 e. The summed E-state index contributed by atoms with van der Waals surface area (Å²) >= 11 is 0. The van der Waals surface area contributed by atoms with E-state index in [2.05, 4.69) is 10.3 Å². The SMILES string of the molecule is COc1ccc(O)c(C2(c3cc(C)cc(OC)c3O)C=CC=C(c3ccccn3)N2)c1. The number of phenolic OH excluding ortho intramolecular Hbond substituents is 2. The van der Waals surface area contributed by atoms with Gasteiger partial charge in [0, 0.05) is 17.3 Å². The number of hydrogen-bond acceptors (Lipinski definition) is 6. The highest BCUT2D eigenvalue weighted by Gasteiger charge is 2.40. The molecule has 2 heterocycles. The highest BCUT2D eigenvalue weighted by Crippen LogP contribution is 2.47. The van der Waals surface area contributed by atoms with Crippen molar-refractivity contribution in [1.82, 2.24) is 10.3 Å². The van der Waals surface area contributed by atoms with Gasteiger partial charge in [0.25, 0.3) is 0 Å². The average Bonchev–Trinajstić information content (AvgIpc) is 2.81. The number of dihydropyridines is 1. The Bertz CT molecular complexity index is 1170. The molecule has 0 fully saturated rings. The second-order valence-corrected chi connectivity index (χ2v) is 7.33. The summed E-state index contributed by atoms with van der Waals surface area (Å²) in [5.74, 6) is 0.964. The first-order valence-corrected chi connectivity index (χ1v) is 9.83. The van der Waals surface area contributed by atoms with Crippen LogP contribution in [0.3, 0.4) is 0 Å². The Morgan fingerprint density at radius 2 is 1.81 bits per heavy atom. The number of aryl methyl sites for hydroxylation is 1. The van der Waals surface area contributed by atoms with Gasteiger partial charge in [-0.2, -0.15) is 0 Å². The van der Waals surface area contributed by atoms with E-state index in [0.717, 1.165) is 17.0 Å². The fourth-order valence-corrected chi connectivity index (χ4v) is 3.87. The smallest absolute Gasteiger partial charge is 0.164 e. The van der Waals surface area contributed by atoms with Crippen molar-refractivity contribution in [2.24, 2.45) is 0 Å². The first kappa shape index (κ1) is 20.3. The molecule has 3 N–H and O–H groups in total. The minimum Gasteiger partial charge on any atom is -0.508 e. The molecule has 1 unspecified atom stereocenters. The summed E-state index contributed by atoms with van der Waals surface area (Å²) < 4.78 is 10.8. The number of allylic oxidation sites excluding steroid dienone is 2. The van der Waals surface area contributed by atoms with Gasteiger partial charge in [-0.1, -0.05) is 12.1 Å². The Morgan fingerprint density at radius 1 is 0.968 bits per heavy atom. The summed E-state index contributed by atoms with van der Waals surface area (Å²) in [6.45, 7) is 1.92. The van der Waals surface area contributed by atoms with Crippen molar-refractivity contribution in [3.05, 3.63) is 95.3 Å². The summed E-state index contributed by atoms with van der Waals surface area (Å²) in [6.07, 6.45) is 7.39. The van der Waals surface area contributed by atoms with Crippen molar-refractivity contribution < 1.29 is 19.7 Å². The minimum atomic E-state index is -1.11. The quantitative estimate of drug-likeness (QED) is 0.576. The number of rotatable bonds is 5. The van der Waals surface area contributed by atoms with Crippen molar-refractivity contribution in [2.45, 2.75) is 12.5 Å². The van der Waals surface area contributed by atoms with Crippen LogP contribution in [-0.4, -0.2) is 29.4 Å². The molecular formula is C25H24N2O4. The Balaban J connectivity index is 1.99. The topological polar surface area (TPSA) is 83.8 Å². The van der Waals surface area contributed by atoms with Crippen LogP contribution in [0.5, 0.6) is 23.0 Å². The second-order valence-electron chi connectivity index (χ2n) is 7.33. The fraction of sp³-hybridized carbons (Fsp3) is 0.160. The van der Waals surface area contributed by atoms with Crippen molar-refractivity contribution in [1.29, 1.82) is 0 Å². The van der Waals surface area contributed by atoms with E-state index in [1.165, 1.54) is 7.11 Å². The summed E-state index contributed by atoms with van der Waals surface area (Å²) in [4.78, 5) is 4.45. The molecule has 1 atom stereocenters. The Labute approximate surface area is 181 Å². The van der Waals surface area contributed by atoms with Crippen molar-refractivity contribution >= 4 is 5.70 Å². The van der Waals surface area contributed by atoms with Gasteiger partial charge in [-0.15, -0.1) is 0 Å². The van der Waals surface area contributed by atoms with Crippen LogP contribution in [0.2, 0.25) is 0 Å². The number of nitrogens with zero attached hydrogens (tertiary/aromatic N) is 1. The molecule has 1 aliphatic heterocycles. The van der Waals surface area contributed by atoms with Crippen molar-refractivity contribution in [2.75, 3.05) is 14.2 Å². The molecule has 31 heavy (non-hydrogen) atoms. The average molecular weight is 416 g/mol. The lowest BCUT2D eigenvalue weighted by Gasteiger charge is -2.38. The molecular weight excluding hydrogens is 392 g/mol. The van der Waals surface area contributed by atoms with Crippen LogP contribution in [0.4, 0.5) is 0 Å². The number of phenols is 2. The Kier molecular flexibility index (Phi) is 5.29. The fourth-order valence-electron chi connectivity index (χ4n) is 3.87. The normalized spacial score (nSPS) is 17.6. The van der Waals surface area contributed by atoms with E-state index >= 15 is 0 Å². The van der Waals surface area contributed by atoms with Gasteiger partial charge in [-0.05, 0) is 67.1 Å². The van der Waals surface area contributed by atoms with Gasteiger partial charge in [-0.25, -0.2) is 0 Å². The number of ether oxygens (including phenoxy) is 2. The molecule has 2 aromatic carbocycles. The number of pyridine rings is 1. The molecule has 6 heteroatoms. The van der Waals surface area contributed by atoms with Crippen LogP contribution in [0.1, 0.15) is 22.4 Å². The van der Waals surface area contributed by atoms with E-state index in [4.69, 9.17) is 9.47 Å². The van der Waals surface area contributed by atoms with Gasteiger partial charge in [0.2, 0.25) is 0 Å². The third-order valence-corrected chi connectivity index (χ3v) is 5.37. The molecule has 0 saturated carbocycles. The van der Waals surface area contributed by atoms with Crippen LogP contribution >= 0.6 is 0 Å². The number of benzene rings is 2. The van der Waals surface area contributed by atoms with E-state index in [0.29, 0.717) is 22.6 Å². The Morgan fingerprint density at radius 3 is 2.52 bits per heavy atom. The van der Waals surface area contributed by atoms with Crippen molar-refractivity contribution in [3.8, 4) is 23.0 Å². The zero-order valence-electron chi connectivity index (χ0n) is 17.6. The standard InChI is InChI=1S/C25H24N2O4/c1-16-13-19(24(29)23(14-16)31-3)25(18-15-17(30-2)9-10-22(18)28)11-6-8-21(27-25)20-7-4-5-12-26-20/h4-15,27-29H,1-3H3. The number of methoxy groups -OCH3 is 2. The molecule has 0 amide bonds. The first-order valence-electron chi connectivity index (χ1n) is 9.83. The molecule has 4 rings (SSSR count). The lowest BCUT2D eigenvalue weighted by molar-refractivity contribution is 0.362. The largest absolute Gasteiger partial charge is 0.508 e. The molecule has 0 saturated heterocycles. The van der Waals surface area contributed by atoms with Gasteiger partial charge in [0.15, 0.2) is 11.5 Å². The van der Waals surface area contributed by atoms with Crippen LogP contribution < -0.4 is 14.8 Å². The molecule has 0 spiro atoms.